The third kappa shape index (κ3) is 3.05. The predicted octanol–water partition coefficient (Wildman–Crippen LogP) is 2.62. The van der Waals surface area contributed by atoms with Crippen molar-refractivity contribution in [2.24, 2.45) is 5.92 Å². The molecule has 0 radical (unpaired) electrons. The standard InChI is InChI=1S/C19H27N3O2/c1-14(2)22-17(23)19(3,20-18(22)24)16-10-7-11-21(13-16)12-15-8-5-4-6-9-15/h4-6,8-9,14,16H,7,10-13H2,1-3H3,(H,20,24)/t16-,19-/m0/s1. The Hall–Kier alpha value is -1.88. The van der Waals surface area contributed by atoms with Crippen molar-refractivity contribution in [1.29, 1.82) is 0 Å². The number of hydrogen-bond acceptors (Lipinski definition) is 3. The number of hydrogen-bond donors (Lipinski definition) is 1. The van der Waals surface area contributed by atoms with Crippen molar-refractivity contribution in [3.8, 4) is 0 Å². The fraction of sp³-hybridized carbons (Fsp3) is 0.579. The molecule has 0 aromatic heterocycles. The van der Waals surface area contributed by atoms with E-state index in [1.54, 1.807) is 0 Å². The van der Waals surface area contributed by atoms with Gasteiger partial charge in [-0.05, 0) is 45.7 Å². The molecule has 2 fully saturated rings. The van der Waals surface area contributed by atoms with Crippen LogP contribution in [-0.4, -0.2) is 46.4 Å². The van der Waals surface area contributed by atoms with E-state index in [1.165, 1.54) is 10.5 Å². The average Bonchev–Trinajstić information content (AvgIpc) is 2.79. The molecule has 3 rings (SSSR count). The lowest BCUT2D eigenvalue weighted by Gasteiger charge is -2.40. The molecule has 0 saturated carbocycles. The van der Waals surface area contributed by atoms with E-state index in [2.05, 4.69) is 34.5 Å². The number of piperidine rings is 1. The summed E-state index contributed by atoms with van der Waals surface area (Å²) in [4.78, 5) is 28.9. The van der Waals surface area contributed by atoms with Gasteiger partial charge in [-0.2, -0.15) is 0 Å². The first-order chi connectivity index (χ1) is 11.4. The molecule has 0 spiro atoms. The van der Waals surface area contributed by atoms with E-state index < -0.39 is 5.54 Å². The summed E-state index contributed by atoms with van der Waals surface area (Å²) in [6.45, 7) is 8.42. The fourth-order valence-electron chi connectivity index (χ4n) is 3.94. The van der Waals surface area contributed by atoms with Crippen LogP contribution in [0.25, 0.3) is 0 Å². The maximum absolute atomic E-state index is 12.9. The second kappa shape index (κ2) is 6.55. The molecule has 5 nitrogen and oxygen atoms in total. The van der Waals surface area contributed by atoms with E-state index in [0.29, 0.717) is 0 Å². The number of amides is 3. The monoisotopic (exact) mass is 329 g/mol. The topological polar surface area (TPSA) is 52.7 Å². The van der Waals surface area contributed by atoms with Crippen LogP contribution in [0.2, 0.25) is 0 Å². The number of rotatable bonds is 4. The molecule has 2 saturated heterocycles. The Morgan fingerprint density at radius 2 is 1.96 bits per heavy atom. The van der Waals surface area contributed by atoms with Gasteiger partial charge in [-0.15, -0.1) is 0 Å². The van der Waals surface area contributed by atoms with Gasteiger partial charge in [-0.1, -0.05) is 30.3 Å². The second-order valence-electron chi connectivity index (χ2n) is 7.46. The lowest BCUT2D eigenvalue weighted by molar-refractivity contribution is -0.134. The molecule has 1 N–H and O–H groups in total. The summed E-state index contributed by atoms with van der Waals surface area (Å²) in [5, 5.41) is 2.98. The van der Waals surface area contributed by atoms with Crippen molar-refractivity contribution in [2.45, 2.75) is 51.7 Å². The lowest BCUT2D eigenvalue weighted by atomic mass is 9.79. The summed E-state index contributed by atoms with van der Waals surface area (Å²) in [5.74, 6) is 0.0734. The lowest BCUT2D eigenvalue weighted by Crippen LogP contribution is -2.55. The van der Waals surface area contributed by atoms with Gasteiger partial charge < -0.3 is 5.32 Å². The molecule has 2 aliphatic rings. The number of likely N-dealkylation sites (tertiary alicyclic amines) is 1. The number of carbonyl (C=O) groups is 2. The molecule has 1 aromatic carbocycles. The van der Waals surface area contributed by atoms with E-state index >= 15 is 0 Å². The molecular weight excluding hydrogens is 302 g/mol. The van der Waals surface area contributed by atoms with Crippen LogP contribution in [0.3, 0.4) is 0 Å². The maximum atomic E-state index is 12.9. The highest BCUT2D eigenvalue weighted by molar-refractivity contribution is 6.07. The van der Waals surface area contributed by atoms with Gasteiger partial charge in [-0.25, -0.2) is 4.79 Å². The van der Waals surface area contributed by atoms with Crippen molar-refractivity contribution in [3.05, 3.63) is 35.9 Å². The second-order valence-corrected chi connectivity index (χ2v) is 7.46. The summed E-state index contributed by atoms with van der Waals surface area (Å²) < 4.78 is 0. The fourth-order valence-corrected chi connectivity index (χ4v) is 3.94. The van der Waals surface area contributed by atoms with E-state index in [-0.39, 0.29) is 23.9 Å². The summed E-state index contributed by atoms with van der Waals surface area (Å²) >= 11 is 0. The molecule has 0 bridgehead atoms. The van der Waals surface area contributed by atoms with Crippen LogP contribution < -0.4 is 5.32 Å². The van der Waals surface area contributed by atoms with Crippen molar-refractivity contribution in [1.82, 2.24) is 15.1 Å². The first-order valence-electron chi connectivity index (χ1n) is 8.84. The van der Waals surface area contributed by atoms with Crippen molar-refractivity contribution >= 4 is 11.9 Å². The van der Waals surface area contributed by atoms with Crippen LogP contribution in [0.5, 0.6) is 0 Å². The largest absolute Gasteiger partial charge is 0.325 e. The van der Waals surface area contributed by atoms with E-state index in [1.807, 2.05) is 26.8 Å². The number of nitrogens with zero attached hydrogens (tertiary/aromatic N) is 2. The molecule has 1 aromatic rings. The van der Waals surface area contributed by atoms with E-state index in [4.69, 9.17) is 0 Å². The first kappa shape index (κ1) is 17.0. The van der Waals surface area contributed by atoms with Gasteiger partial charge in [0.25, 0.3) is 5.91 Å². The summed E-state index contributed by atoms with van der Waals surface area (Å²) in [6.07, 6.45) is 2.03. The van der Waals surface area contributed by atoms with Crippen LogP contribution in [0.15, 0.2) is 30.3 Å². The van der Waals surface area contributed by atoms with Crippen LogP contribution in [0.1, 0.15) is 39.2 Å². The molecule has 24 heavy (non-hydrogen) atoms. The predicted molar refractivity (Wildman–Crippen MR) is 93.4 cm³/mol. The molecular formula is C19H27N3O2. The molecule has 5 heteroatoms. The number of imide groups is 1. The number of carbonyl (C=O) groups excluding carboxylic acids is 2. The van der Waals surface area contributed by atoms with Gasteiger partial charge in [0.05, 0.1) is 0 Å². The minimum Gasteiger partial charge on any atom is -0.323 e. The van der Waals surface area contributed by atoms with Crippen LogP contribution in [-0.2, 0) is 11.3 Å². The van der Waals surface area contributed by atoms with Gasteiger partial charge in [0.1, 0.15) is 5.54 Å². The highest BCUT2D eigenvalue weighted by atomic mass is 16.2. The quantitative estimate of drug-likeness (QED) is 0.864. The third-order valence-electron chi connectivity index (χ3n) is 5.34. The zero-order valence-electron chi connectivity index (χ0n) is 14.8. The zero-order chi connectivity index (χ0) is 17.3. The molecule has 3 amide bonds. The molecule has 2 aliphatic heterocycles. The SMILES string of the molecule is CC(C)N1C(=O)N[C@@](C)([C@H]2CCCN(Cc3ccccc3)C2)C1=O. The Morgan fingerprint density at radius 1 is 1.25 bits per heavy atom. The third-order valence-corrected chi connectivity index (χ3v) is 5.34. The summed E-state index contributed by atoms with van der Waals surface area (Å²) in [7, 11) is 0. The van der Waals surface area contributed by atoms with Crippen molar-refractivity contribution in [3.63, 3.8) is 0 Å². The Morgan fingerprint density at radius 3 is 2.58 bits per heavy atom. The minimum absolute atomic E-state index is 0.0749. The van der Waals surface area contributed by atoms with Crippen LogP contribution >= 0.6 is 0 Å². The Bertz CT molecular complexity index is 616. The molecule has 2 atom stereocenters. The van der Waals surface area contributed by atoms with Crippen molar-refractivity contribution in [2.75, 3.05) is 13.1 Å². The molecule has 2 heterocycles. The first-order valence-corrected chi connectivity index (χ1v) is 8.84. The van der Waals surface area contributed by atoms with Gasteiger partial charge in [-0.3, -0.25) is 14.6 Å². The molecule has 0 aliphatic carbocycles. The van der Waals surface area contributed by atoms with E-state index in [0.717, 1.165) is 32.5 Å². The normalized spacial score (nSPS) is 28.5. The Labute approximate surface area is 144 Å². The van der Waals surface area contributed by atoms with Gasteiger partial charge >= 0.3 is 6.03 Å². The van der Waals surface area contributed by atoms with Crippen molar-refractivity contribution < 1.29 is 9.59 Å². The highest BCUT2D eigenvalue weighted by Gasteiger charge is 2.53. The smallest absolute Gasteiger partial charge is 0.323 e. The van der Waals surface area contributed by atoms with Gasteiger partial charge in [0, 0.05) is 25.0 Å². The summed E-state index contributed by atoms with van der Waals surface area (Å²) in [6, 6.07) is 10.0. The van der Waals surface area contributed by atoms with Gasteiger partial charge in [0.15, 0.2) is 0 Å². The van der Waals surface area contributed by atoms with Crippen LogP contribution in [0, 0.1) is 5.92 Å². The summed E-state index contributed by atoms with van der Waals surface area (Å²) in [5.41, 5.74) is 0.505. The zero-order valence-corrected chi connectivity index (χ0v) is 14.8. The Kier molecular flexibility index (Phi) is 4.63. The molecule has 130 valence electrons. The number of benzene rings is 1. The average molecular weight is 329 g/mol. The minimum atomic E-state index is -0.781. The highest BCUT2D eigenvalue weighted by Crippen LogP contribution is 2.33. The molecule has 0 unspecified atom stereocenters. The van der Waals surface area contributed by atoms with Crippen LogP contribution in [0.4, 0.5) is 4.79 Å². The maximum Gasteiger partial charge on any atom is 0.325 e. The number of urea groups is 1. The Balaban J connectivity index is 1.72. The van der Waals surface area contributed by atoms with E-state index in [9.17, 15) is 9.59 Å². The number of nitrogens with one attached hydrogen (secondary N) is 1. The van der Waals surface area contributed by atoms with Gasteiger partial charge in [0.2, 0.25) is 0 Å².